The SMILES string of the molecule is CCC(N)(CC)c1csc(C(CC)(CC)OC)n1. The van der Waals surface area contributed by atoms with Crippen molar-refractivity contribution in [3.63, 3.8) is 0 Å². The van der Waals surface area contributed by atoms with Gasteiger partial charge in [-0.05, 0) is 25.7 Å². The molecule has 0 spiro atoms. The Morgan fingerprint density at radius 1 is 1.17 bits per heavy atom. The Balaban J connectivity index is 3.12. The van der Waals surface area contributed by atoms with Gasteiger partial charge in [0.05, 0.1) is 11.2 Å². The van der Waals surface area contributed by atoms with Gasteiger partial charge in [-0.1, -0.05) is 27.7 Å². The molecule has 0 saturated carbocycles. The van der Waals surface area contributed by atoms with E-state index in [-0.39, 0.29) is 11.1 Å². The van der Waals surface area contributed by atoms with E-state index in [1.807, 2.05) is 0 Å². The zero-order chi connectivity index (χ0) is 13.8. The summed E-state index contributed by atoms with van der Waals surface area (Å²) in [5.74, 6) is 0. The van der Waals surface area contributed by atoms with Crippen molar-refractivity contribution in [3.8, 4) is 0 Å². The average Bonchev–Trinajstić information content (AvgIpc) is 2.91. The molecule has 0 aliphatic rings. The van der Waals surface area contributed by atoms with Gasteiger partial charge in [-0.2, -0.15) is 0 Å². The van der Waals surface area contributed by atoms with Gasteiger partial charge in [-0.3, -0.25) is 0 Å². The Labute approximate surface area is 115 Å². The smallest absolute Gasteiger partial charge is 0.125 e. The molecule has 4 heteroatoms. The van der Waals surface area contributed by atoms with Crippen LogP contribution in [0.15, 0.2) is 5.38 Å². The molecule has 0 aromatic carbocycles. The summed E-state index contributed by atoms with van der Waals surface area (Å²) < 4.78 is 5.72. The first-order valence-corrected chi connectivity index (χ1v) is 7.70. The van der Waals surface area contributed by atoms with E-state index in [9.17, 15) is 0 Å². The van der Waals surface area contributed by atoms with E-state index in [4.69, 9.17) is 15.5 Å². The maximum atomic E-state index is 6.40. The van der Waals surface area contributed by atoms with Crippen LogP contribution in [0.5, 0.6) is 0 Å². The normalized spacial score (nSPS) is 13.0. The lowest BCUT2D eigenvalue weighted by molar-refractivity contribution is -0.0221. The highest BCUT2D eigenvalue weighted by Gasteiger charge is 2.34. The summed E-state index contributed by atoms with van der Waals surface area (Å²) >= 11 is 1.67. The number of nitrogens with zero attached hydrogens (tertiary/aromatic N) is 1. The molecule has 3 nitrogen and oxygen atoms in total. The molecule has 0 saturated heterocycles. The van der Waals surface area contributed by atoms with Crippen molar-refractivity contribution >= 4 is 11.3 Å². The van der Waals surface area contributed by atoms with Crippen LogP contribution in [-0.2, 0) is 15.9 Å². The van der Waals surface area contributed by atoms with Crippen LogP contribution in [0.25, 0.3) is 0 Å². The lowest BCUT2D eigenvalue weighted by Gasteiger charge is -2.28. The first-order chi connectivity index (χ1) is 8.51. The highest BCUT2D eigenvalue weighted by atomic mass is 32.1. The largest absolute Gasteiger partial charge is 0.371 e. The van der Waals surface area contributed by atoms with Gasteiger partial charge in [0.25, 0.3) is 0 Å². The van der Waals surface area contributed by atoms with Crippen LogP contribution >= 0.6 is 11.3 Å². The quantitative estimate of drug-likeness (QED) is 0.820. The van der Waals surface area contributed by atoms with Crippen LogP contribution in [-0.4, -0.2) is 12.1 Å². The monoisotopic (exact) mass is 270 g/mol. The summed E-state index contributed by atoms with van der Waals surface area (Å²) in [5, 5.41) is 3.16. The molecule has 1 aromatic rings. The zero-order valence-corrected chi connectivity index (χ0v) is 13.1. The fourth-order valence-corrected chi connectivity index (χ4v) is 3.50. The van der Waals surface area contributed by atoms with Gasteiger partial charge in [0.1, 0.15) is 10.6 Å². The third-order valence-electron chi connectivity index (χ3n) is 4.20. The van der Waals surface area contributed by atoms with E-state index < -0.39 is 0 Å². The van der Waals surface area contributed by atoms with Gasteiger partial charge in [0, 0.05) is 12.5 Å². The summed E-state index contributed by atoms with van der Waals surface area (Å²) in [5.41, 5.74) is 6.87. The van der Waals surface area contributed by atoms with Crippen LogP contribution in [0.4, 0.5) is 0 Å². The fraction of sp³-hybridized carbons (Fsp3) is 0.786. The van der Waals surface area contributed by atoms with Crippen molar-refractivity contribution in [3.05, 3.63) is 16.1 Å². The van der Waals surface area contributed by atoms with Crippen LogP contribution in [0.3, 0.4) is 0 Å². The number of ether oxygens (including phenoxy) is 1. The van der Waals surface area contributed by atoms with Crippen LogP contribution in [0.1, 0.15) is 64.1 Å². The second-order valence-electron chi connectivity index (χ2n) is 4.81. The molecule has 0 atom stereocenters. The van der Waals surface area contributed by atoms with E-state index in [1.54, 1.807) is 18.4 Å². The molecule has 1 aromatic heterocycles. The Hall–Kier alpha value is -0.450. The molecule has 0 fully saturated rings. The first-order valence-electron chi connectivity index (χ1n) is 6.82. The number of thiazole rings is 1. The minimum absolute atomic E-state index is 0.245. The number of hydrogen-bond donors (Lipinski definition) is 1. The van der Waals surface area contributed by atoms with Crippen LogP contribution in [0, 0.1) is 0 Å². The highest BCUT2D eigenvalue weighted by Crippen LogP contribution is 2.37. The maximum Gasteiger partial charge on any atom is 0.125 e. The summed E-state index contributed by atoms with van der Waals surface area (Å²) in [6.45, 7) is 8.52. The van der Waals surface area contributed by atoms with Gasteiger partial charge >= 0.3 is 0 Å². The number of aromatic nitrogens is 1. The summed E-state index contributed by atoms with van der Waals surface area (Å²) in [6, 6.07) is 0. The van der Waals surface area contributed by atoms with Crippen molar-refractivity contribution in [2.24, 2.45) is 5.73 Å². The summed E-state index contributed by atoms with van der Waals surface area (Å²) in [6.07, 6.45) is 3.68. The Bertz CT molecular complexity index is 359. The molecule has 1 rings (SSSR count). The van der Waals surface area contributed by atoms with Gasteiger partial charge in [0.2, 0.25) is 0 Å². The first kappa shape index (κ1) is 15.6. The van der Waals surface area contributed by atoms with Crippen molar-refractivity contribution < 1.29 is 4.74 Å². The van der Waals surface area contributed by atoms with Crippen molar-refractivity contribution in [1.29, 1.82) is 0 Å². The number of methoxy groups -OCH3 is 1. The van der Waals surface area contributed by atoms with Crippen molar-refractivity contribution in [1.82, 2.24) is 4.98 Å². The molecule has 0 aliphatic carbocycles. The van der Waals surface area contributed by atoms with Crippen molar-refractivity contribution in [2.75, 3.05) is 7.11 Å². The standard InChI is InChI=1S/C14H26N2OS/c1-6-13(15,7-2)11-10-18-12(16-11)14(8-3,9-4)17-5/h10H,6-9,15H2,1-5H3. The molecule has 0 radical (unpaired) electrons. The predicted molar refractivity (Wildman–Crippen MR) is 77.8 cm³/mol. The number of nitrogens with two attached hydrogens (primary N) is 1. The number of rotatable bonds is 7. The fourth-order valence-electron chi connectivity index (χ4n) is 2.25. The van der Waals surface area contributed by atoms with E-state index in [1.165, 1.54) is 0 Å². The van der Waals surface area contributed by atoms with E-state index in [0.717, 1.165) is 36.4 Å². The van der Waals surface area contributed by atoms with E-state index in [0.29, 0.717) is 0 Å². The molecular weight excluding hydrogens is 244 g/mol. The second-order valence-corrected chi connectivity index (χ2v) is 5.66. The van der Waals surface area contributed by atoms with Gasteiger partial charge in [-0.25, -0.2) is 4.98 Å². The van der Waals surface area contributed by atoms with Gasteiger partial charge in [-0.15, -0.1) is 11.3 Å². The molecule has 0 amide bonds. The third kappa shape index (κ3) is 2.60. The van der Waals surface area contributed by atoms with Gasteiger partial charge in [0.15, 0.2) is 0 Å². The third-order valence-corrected chi connectivity index (χ3v) is 5.23. The summed E-state index contributed by atoms with van der Waals surface area (Å²) in [4.78, 5) is 4.78. The Kier molecular flexibility index (Phi) is 5.32. The second kappa shape index (κ2) is 6.13. The van der Waals surface area contributed by atoms with Crippen LogP contribution < -0.4 is 5.73 Å². The minimum Gasteiger partial charge on any atom is -0.371 e. The number of hydrogen-bond acceptors (Lipinski definition) is 4. The van der Waals surface area contributed by atoms with Crippen LogP contribution in [0.2, 0.25) is 0 Å². The average molecular weight is 270 g/mol. The maximum absolute atomic E-state index is 6.40. The van der Waals surface area contributed by atoms with Gasteiger partial charge < -0.3 is 10.5 Å². The molecule has 104 valence electrons. The lowest BCUT2D eigenvalue weighted by atomic mass is 9.91. The Morgan fingerprint density at radius 3 is 2.11 bits per heavy atom. The molecule has 0 aliphatic heterocycles. The predicted octanol–water partition coefficient (Wildman–Crippen LogP) is 3.78. The molecule has 0 unspecified atom stereocenters. The highest BCUT2D eigenvalue weighted by molar-refractivity contribution is 7.09. The minimum atomic E-state index is -0.296. The topological polar surface area (TPSA) is 48.1 Å². The van der Waals surface area contributed by atoms with Crippen molar-refractivity contribution in [2.45, 2.75) is 64.5 Å². The zero-order valence-electron chi connectivity index (χ0n) is 12.2. The molecule has 2 N–H and O–H groups in total. The Morgan fingerprint density at radius 2 is 1.72 bits per heavy atom. The van der Waals surface area contributed by atoms with E-state index >= 15 is 0 Å². The lowest BCUT2D eigenvalue weighted by Crippen LogP contribution is -2.36. The summed E-state index contributed by atoms with van der Waals surface area (Å²) in [7, 11) is 1.77. The van der Waals surface area contributed by atoms with E-state index in [2.05, 4.69) is 33.1 Å². The molecule has 18 heavy (non-hydrogen) atoms. The molecule has 1 heterocycles. The molecular formula is C14H26N2OS. The molecule has 0 bridgehead atoms.